The lowest BCUT2D eigenvalue weighted by Crippen LogP contribution is -2.42. The van der Waals surface area contributed by atoms with Gasteiger partial charge in [0.15, 0.2) is 0 Å². The van der Waals surface area contributed by atoms with Crippen molar-refractivity contribution in [1.29, 1.82) is 0 Å². The summed E-state index contributed by atoms with van der Waals surface area (Å²) < 4.78 is 22.2. The Bertz CT molecular complexity index is 310. The second-order valence-electron chi connectivity index (χ2n) is 6.07. The van der Waals surface area contributed by atoms with Gasteiger partial charge < -0.3 is 10.2 Å². The van der Waals surface area contributed by atoms with Crippen LogP contribution in [0.15, 0.2) is 0 Å². The molecule has 5 heteroatoms. The van der Waals surface area contributed by atoms with Gasteiger partial charge in [0, 0.05) is 31.9 Å². The zero-order chi connectivity index (χ0) is 13.7. The van der Waals surface area contributed by atoms with Crippen LogP contribution in [0.25, 0.3) is 0 Å². The van der Waals surface area contributed by atoms with Gasteiger partial charge in [-0.25, -0.2) is 8.42 Å². The summed E-state index contributed by atoms with van der Waals surface area (Å²) >= 11 is 0. The summed E-state index contributed by atoms with van der Waals surface area (Å²) in [6, 6.07) is 0.482. The van der Waals surface area contributed by atoms with E-state index in [2.05, 4.69) is 37.9 Å². The molecule has 0 radical (unpaired) electrons. The van der Waals surface area contributed by atoms with Crippen LogP contribution in [0.4, 0.5) is 0 Å². The standard InChI is InChI=1S/C12H28N2O2S/c1-11(2)13-9-12(3,4)10-14(5)7-8-17(6,15)16/h11,13H,7-10H2,1-6H3. The second-order valence-corrected chi connectivity index (χ2v) is 8.33. The van der Waals surface area contributed by atoms with Crippen LogP contribution >= 0.6 is 0 Å². The molecule has 0 unspecified atom stereocenters. The van der Waals surface area contributed by atoms with Gasteiger partial charge in [0.05, 0.1) is 5.75 Å². The Morgan fingerprint density at radius 1 is 1.29 bits per heavy atom. The number of sulfone groups is 1. The Morgan fingerprint density at radius 2 is 1.82 bits per heavy atom. The molecule has 0 atom stereocenters. The van der Waals surface area contributed by atoms with Gasteiger partial charge in [0.25, 0.3) is 0 Å². The molecule has 0 rings (SSSR count). The van der Waals surface area contributed by atoms with E-state index in [0.717, 1.165) is 13.1 Å². The van der Waals surface area contributed by atoms with Crippen molar-refractivity contribution in [3.63, 3.8) is 0 Å². The van der Waals surface area contributed by atoms with E-state index in [1.165, 1.54) is 6.26 Å². The predicted octanol–water partition coefficient (Wildman–Crippen LogP) is 0.987. The van der Waals surface area contributed by atoms with Crippen LogP contribution < -0.4 is 5.32 Å². The van der Waals surface area contributed by atoms with Crippen molar-refractivity contribution in [3.05, 3.63) is 0 Å². The topological polar surface area (TPSA) is 49.4 Å². The number of hydrogen-bond acceptors (Lipinski definition) is 4. The molecule has 104 valence electrons. The van der Waals surface area contributed by atoms with E-state index >= 15 is 0 Å². The maximum absolute atomic E-state index is 11.1. The van der Waals surface area contributed by atoms with Crippen LogP contribution in [-0.2, 0) is 9.84 Å². The first-order chi connectivity index (χ1) is 7.52. The molecule has 0 spiro atoms. The van der Waals surface area contributed by atoms with Gasteiger partial charge in [-0.3, -0.25) is 0 Å². The minimum atomic E-state index is -2.86. The van der Waals surface area contributed by atoms with Gasteiger partial charge in [-0.1, -0.05) is 27.7 Å². The molecule has 0 bridgehead atoms. The van der Waals surface area contributed by atoms with Gasteiger partial charge in [-0.05, 0) is 12.5 Å². The molecule has 0 aromatic heterocycles. The van der Waals surface area contributed by atoms with Gasteiger partial charge in [-0.2, -0.15) is 0 Å². The first-order valence-electron chi connectivity index (χ1n) is 6.11. The maximum atomic E-state index is 11.1. The van der Waals surface area contributed by atoms with E-state index in [1.807, 2.05) is 7.05 Å². The van der Waals surface area contributed by atoms with Gasteiger partial charge in [0.2, 0.25) is 0 Å². The van der Waals surface area contributed by atoms with E-state index in [9.17, 15) is 8.42 Å². The number of hydrogen-bond donors (Lipinski definition) is 1. The Hall–Kier alpha value is -0.130. The summed E-state index contributed by atoms with van der Waals surface area (Å²) in [5.74, 6) is 0.233. The molecular weight excluding hydrogens is 236 g/mol. The van der Waals surface area contributed by atoms with E-state index < -0.39 is 9.84 Å². The largest absolute Gasteiger partial charge is 0.314 e. The van der Waals surface area contributed by atoms with E-state index in [-0.39, 0.29) is 11.2 Å². The van der Waals surface area contributed by atoms with Gasteiger partial charge in [-0.15, -0.1) is 0 Å². The van der Waals surface area contributed by atoms with E-state index in [4.69, 9.17) is 0 Å². The third-order valence-electron chi connectivity index (χ3n) is 2.53. The Balaban J connectivity index is 4.04. The summed E-state index contributed by atoms with van der Waals surface area (Å²) in [6.07, 6.45) is 1.28. The molecule has 0 aliphatic rings. The molecule has 0 saturated heterocycles. The minimum absolute atomic E-state index is 0.149. The third kappa shape index (κ3) is 10.7. The first kappa shape index (κ1) is 16.9. The fraction of sp³-hybridized carbons (Fsp3) is 1.00. The van der Waals surface area contributed by atoms with Crippen LogP contribution in [0.1, 0.15) is 27.7 Å². The van der Waals surface area contributed by atoms with Crippen LogP contribution in [-0.4, -0.2) is 58.1 Å². The molecule has 0 heterocycles. The van der Waals surface area contributed by atoms with Crippen LogP contribution in [0, 0.1) is 5.41 Å². The average molecular weight is 264 g/mol. The van der Waals surface area contributed by atoms with E-state index in [0.29, 0.717) is 12.6 Å². The first-order valence-corrected chi connectivity index (χ1v) is 8.17. The van der Waals surface area contributed by atoms with Crippen molar-refractivity contribution in [3.8, 4) is 0 Å². The molecule has 0 aromatic rings. The van der Waals surface area contributed by atoms with Crippen molar-refractivity contribution in [1.82, 2.24) is 10.2 Å². The Morgan fingerprint density at radius 3 is 2.24 bits per heavy atom. The van der Waals surface area contributed by atoms with Crippen molar-refractivity contribution in [2.75, 3.05) is 38.7 Å². The van der Waals surface area contributed by atoms with Crippen molar-refractivity contribution >= 4 is 9.84 Å². The zero-order valence-corrected chi connectivity index (χ0v) is 12.9. The highest BCUT2D eigenvalue weighted by Crippen LogP contribution is 2.15. The molecule has 0 aromatic carbocycles. The molecule has 0 saturated carbocycles. The summed E-state index contributed by atoms with van der Waals surface area (Å²) in [5.41, 5.74) is 0.149. The maximum Gasteiger partial charge on any atom is 0.148 e. The molecule has 4 nitrogen and oxygen atoms in total. The molecule has 0 aliphatic heterocycles. The fourth-order valence-corrected chi connectivity index (χ4v) is 2.31. The highest BCUT2D eigenvalue weighted by atomic mass is 32.2. The molecule has 0 aliphatic carbocycles. The summed E-state index contributed by atoms with van der Waals surface area (Å²) in [4.78, 5) is 2.09. The quantitative estimate of drug-likeness (QED) is 0.710. The third-order valence-corrected chi connectivity index (χ3v) is 3.45. The van der Waals surface area contributed by atoms with Crippen molar-refractivity contribution in [2.45, 2.75) is 33.7 Å². The fourth-order valence-electron chi connectivity index (χ4n) is 1.67. The zero-order valence-electron chi connectivity index (χ0n) is 12.1. The highest BCUT2D eigenvalue weighted by molar-refractivity contribution is 7.90. The monoisotopic (exact) mass is 264 g/mol. The normalized spacial score (nSPS) is 13.6. The molecule has 0 amide bonds. The van der Waals surface area contributed by atoms with Crippen LogP contribution in [0.5, 0.6) is 0 Å². The molecular formula is C12H28N2O2S. The number of rotatable bonds is 8. The van der Waals surface area contributed by atoms with Gasteiger partial charge >= 0.3 is 0 Å². The lowest BCUT2D eigenvalue weighted by Gasteiger charge is -2.31. The SMILES string of the molecule is CC(C)NCC(C)(C)CN(C)CCS(C)(=O)=O. The molecule has 1 N–H and O–H groups in total. The Labute approximate surface area is 107 Å². The lowest BCUT2D eigenvalue weighted by atomic mass is 9.92. The highest BCUT2D eigenvalue weighted by Gasteiger charge is 2.20. The van der Waals surface area contributed by atoms with Crippen LogP contribution in [0.2, 0.25) is 0 Å². The average Bonchev–Trinajstić information content (AvgIpc) is 2.10. The summed E-state index contributed by atoms with van der Waals surface area (Å²) in [5, 5.41) is 3.42. The number of nitrogens with one attached hydrogen (secondary N) is 1. The van der Waals surface area contributed by atoms with E-state index in [1.54, 1.807) is 0 Å². The summed E-state index contributed by atoms with van der Waals surface area (Å²) in [7, 11) is -0.883. The molecule has 17 heavy (non-hydrogen) atoms. The second kappa shape index (κ2) is 6.71. The van der Waals surface area contributed by atoms with Crippen molar-refractivity contribution < 1.29 is 8.42 Å². The number of nitrogens with zero attached hydrogens (tertiary/aromatic N) is 1. The smallest absolute Gasteiger partial charge is 0.148 e. The minimum Gasteiger partial charge on any atom is -0.314 e. The molecule has 0 fully saturated rings. The van der Waals surface area contributed by atoms with Crippen molar-refractivity contribution in [2.24, 2.45) is 5.41 Å². The van der Waals surface area contributed by atoms with Gasteiger partial charge in [0.1, 0.15) is 9.84 Å². The predicted molar refractivity (Wildman–Crippen MR) is 74.1 cm³/mol. The van der Waals surface area contributed by atoms with Crippen LogP contribution in [0.3, 0.4) is 0 Å². The summed E-state index contributed by atoms with van der Waals surface area (Å²) in [6.45, 7) is 11.1. The Kier molecular flexibility index (Phi) is 6.66. The lowest BCUT2D eigenvalue weighted by molar-refractivity contribution is 0.208.